The van der Waals surface area contributed by atoms with Gasteiger partial charge in [0.1, 0.15) is 5.02 Å². The Morgan fingerprint density at radius 2 is 2.09 bits per heavy atom. The van der Waals surface area contributed by atoms with Crippen molar-refractivity contribution in [2.75, 3.05) is 18.0 Å². The van der Waals surface area contributed by atoms with Gasteiger partial charge in [-0.25, -0.2) is 4.98 Å². The molecular weight excluding hydrogens is 343 g/mol. The Bertz CT molecular complexity index is 656. The molecule has 0 N–H and O–H groups in total. The quantitative estimate of drug-likeness (QED) is 0.608. The molecule has 1 aliphatic rings. The van der Waals surface area contributed by atoms with Crippen LogP contribution in [0.25, 0.3) is 0 Å². The molecule has 0 bridgehead atoms. The number of carbonyl (C=O) groups excluding carboxylic acids is 1. The van der Waals surface area contributed by atoms with Crippen LogP contribution in [-0.4, -0.2) is 24.0 Å². The predicted octanol–water partition coefficient (Wildman–Crippen LogP) is 4.27. The molecule has 1 saturated heterocycles. The SMILES string of the molecule is O=C(Oc1cccc(Cl)c1Cl)C1CCN(c2nccs2)CC1. The fraction of sp³-hybridized carbons (Fsp3) is 0.333. The summed E-state index contributed by atoms with van der Waals surface area (Å²) in [7, 11) is 0. The molecule has 4 nitrogen and oxygen atoms in total. The number of carbonyl (C=O) groups is 1. The Labute approximate surface area is 142 Å². The van der Waals surface area contributed by atoms with Crippen molar-refractivity contribution in [1.82, 2.24) is 4.98 Å². The van der Waals surface area contributed by atoms with Crippen molar-refractivity contribution in [2.45, 2.75) is 12.8 Å². The summed E-state index contributed by atoms with van der Waals surface area (Å²) in [6.07, 6.45) is 3.29. The minimum absolute atomic E-state index is 0.119. The molecule has 0 atom stereocenters. The molecule has 2 aromatic rings. The van der Waals surface area contributed by atoms with Crippen LogP contribution in [0.15, 0.2) is 29.8 Å². The van der Waals surface area contributed by atoms with Crippen LogP contribution in [0.1, 0.15) is 12.8 Å². The fourth-order valence-electron chi connectivity index (χ4n) is 2.43. The van der Waals surface area contributed by atoms with E-state index < -0.39 is 0 Å². The van der Waals surface area contributed by atoms with E-state index in [0.29, 0.717) is 10.8 Å². The predicted molar refractivity (Wildman–Crippen MR) is 89.1 cm³/mol. The lowest BCUT2D eigenvalue weighted by molar-refractivity contribution is -0.139. The summed E-state index contributed by atoms with van der Waals surface area (Å²) in [5.41, 5.74) is 0. The highest BCUT2D eigenvalue weighted by Crippen LogP contribution is 2.33. The minimum Gasteiger partial charge on any atom is -0.425 e. The summed E-state index contributed by atoms with van der Waals surface area (Å²) in [5, 5.41) is 3.62. The number of benzene rings is 1. The number of anilines is 1. The Hall–Kier alpha value is -1.30. The number of aromatic nitrogens is 1. The zero-order valence-electron chi connectivity index (χ0n) is 11.7. The normalized spacial score (nSPS) is 15.8. The molecule has 116 valence electrons. The van der Waals surface area contributed by atoms with Gasteiger partial charge in [0, 0.05) is 24.7 Å². The molecule has 22 heavy (non-hydrogen) atoms. The van der Waals surface area contributed by atoms with Crippen molar-refractivity contribution in [3.63, 3.8) is 0 Å². The van der Waals surface area contributed by atoms with E-state index >= 15 is 0 Å². The highest BCUT2D eigenvalue weighted by Gasteiger charge is 2.28. The first-order valence-electron chi connectivity index (χ1n) is 6.95. The molecule has 0 amide bonds. The van der Waals surface area contributed by atoms with E-state index in [-0.39, 0.29) is 16.9 Å². The van der Waals surface area contributed by atoms with E-state index in [2.05, 4.69) is 9.88 Å². The first-order chi connectivity index (χ1) is 10.6. The topological polar surface area (TPSA) is 42.4 Å². The maximum atomic E-state index is 12.3. The maximum Gasteiger partial charge on any atom is 0.314 e. The number of halogens is 2. The van der Waals surface area contributed by atoms with Gasteiger partial charge < -0.3 is 9.64 Å². The Morgan fingerprint density at radius 1 is 1.32 bits per heavy atom. The van der Waals surface area contributed by atoms with E-state index in [4.69, 9.17) is 27.9 Å². The lowest BCUT2D eigenvalue weighted by Crippen LogP contribution is -2.37. The van der Waals surface area contributed by atoms with Gasteiger partial charge in [0.2, 0.25) is 0 Å². The van der Waals surface area contributed by atoms with Crippen LogP contribution in [0.2, 0.25) is 10.0 Å². The molecule has 2 heterocycles. The van der Waals surface area contributed by atoms with Gasteiger partial charge in [0.15, 0.2) is 10.9 Å². The number of ether oxygens (including phenoxy) is 1. The largest absolute Gasteiger partial charge is 0.425 e. The monoisotopic (exact) mass is 356 g/mol. The second kappa shape index (κ2) is 6.86. The van der Waals surface area contributed by atoms with Crippen molar-refractivity contribution in [2.24, 2.45) is 5.92 Å². The van der Waals surface area contributed by atoms with E-state index in [1.165, 1.54) is 0 Å². The Balaban J connectivity index is 1.59. The van der Waals surface area contributed by atoms with Gasteiger partial charge in [0.05, 0.1) is 10.9 Å². The third-order valence-electron chi connectivity index (χ3n) is 3.64. The van der Waals surface area contributed by atoms with Crippen LogP contribution in [0.3, 0.4) is 0 Å². The smallest absolute Gasteiger partial charge is 0.314 e. The van der Waals surface area contributed by atoms with Gasteiger partial charge >= 0.3 is 5.97 Å². The highest BCUT2D eigenvalue weighted by atomic mass is 35.5. The molecule has 1 fully saturated rings. The van der Waals surface area contributed by atoms with E-state index in [9.17, 15) is 4.79 Å². The van der Waals surface area contributed by atoms with Crippen LogP contribution in [-0.2, 0) is 4.79 Å². The van der Waals surface area contributed by atoms with E-state index in [1.807, 2.05) is 5.38 Å². The molecule has 0 unspecified atom stereocenters. The number of hydrogen-bond donors (Lipinski definition) is 0. The van der Waals surface area contributed by atoms with Crippen molar-refractivity contribution in [3.8, 4) is 5.75 Å². The molecule has 0 spiro atoms. The van der Waals surface area contributed by atoms with Gasteiger partial charge in [-0.15, -0.1) is 11.3 Å². The number of hydrogen-bond acceptors (Lipinski definition) is 5. The average Bonchev–Trinajstić information content (AvgIpc) is 3.06. The second-order valence-electron chi connectivity index (χ2n) is 5.05. The van der Waals surface area contributed by atoms with E-state index in [1.54, 1.807) is 35.7 Å². The molecular formula is C15H14Cl2N2O2S. The molecule has 0 saturated carbocycles. The first kappa shape index (κ1) is 15.6. The average molecular weight is 357 g/mol. The van der Waals surface area contributed by atoms with E-state index in [0.717, 1.165) is 31.1 Å². The molecule has 0 aliphatic carbocycles. The molecule has 0 radical (unpaired) electrons. The second-order valence-corrected chi connectivity index (χ2v) is 6.71. The zero-order chi connectivity index (χ0) is 15.5. The van der Waals surface area contributed by atoms with Crippen molar-refractivity contribution < 1.29 is 9.53 Å². The summed E-state index contributed by atoms with van der Waals surface area (Å²) in [5.74, 6) is -0.0456. The summed E-state index contributed by atoms with van der Waals surface area (Å²) >= 11 is 13.6. The highest BCUT2D eigenvalue weighted by molar-refractivity contribution is 7.13. The zero-order valence-corrected chi connectivity index (χ0v) is 14.0. The summed E-state index contributed by atoms with van der Waals surface area (Å²) < 4.78 is 5.40. The summed E-state index contributed by atoms with van der Waals surface area (Å²) in [4.78, 5) is 18.8. The van der Waals surface area contributed by atoms with Gasteiger partial charge in [0.25, 0.3) is 0 Å². The summed E-state index contributed by atoms with van der Waals surface area (Å²) in [6.45, 7) is 1.60. The van der Waals surface area contributed by atoms with Crippen molar-refractivity contribution in [3.05, 3.63) is 39.8 Å². The number of nitrogens with zero attached hydrogens (tertiary/aromatic N) is 2. The first-order valence-corrected chi connectivity index (χ1v) is 8.59. The number of esters is 1. The minimum atomic E-state index is -0.247. The molecule has 1 aliphatic heterocycles. The fourth-order valence-corrected chi connectivity index (χ4v) is 3.46. The van der Waals surface area contributed by atoms with Gasteiger partial charge in [-0.3, -0.25) is 4.79 Å². The van der Waals surface area contributed by atoms with Gasteiger partial charge in [-0.2, -0.15) is 0 Å². The number of thiazole rings is 1. The standard InChI is InChI=1S/C15H14Cl2N2O2S/c16-11-2-1-3-12(13(11)17)21-14(20)10-4-7-19(8-5-10)15-18-6-9-22-15/h1-3,6,9-10H,4-5,7-8H2. The summed E-state index contributed by atoms with van der Waals surface area (Å²) in [6, 6.07) is 5.02. The third kappa shape index (κ3) is 3.37. The molecule has 7 heteroatoms. The van der Waals surface area contributed by atoms with Crippen molar-refractivity contribution in [1.29, 1.82) is 0 Å². The molecule has 1 aromatic heterocycles. The third-order valence-corrected chi connectivity index (χ3v) is 5.28. The molecule has 1 aromatic carbocycles. The van der Waals surface area contributed by atoms with Crippen LogP contribution in [0.4, 0.5) is 5.13 Å². The van der Waals surface area contributed by atoms with Crippen LogP contribution < -0.4 is 9.64 Å². The van der Waals surface area contributed by atoms with Gasteiger partial charge in [-0.1, -0.05) is 29.3 Å². The Morgan fingerprint density at radius 3 is 2.77 bits per heavy atom. The maximum absolute atomic E-state index is 12.3. The van der Waals surface area contributed by atoms with Crippen LogP contribution >= 0.6 is 34.5 Å². The lowest BCUT2D eigenvalue weighted by Gasteiger charge is -2.30. The Kier molecular flexibility index (Phi) is 4.86. The number of rotatable bonds is 3. The van der Waals surface area contributed by atoms with Crippen LogP contribution in [0, 0.1) is 5.92 Å². The molecule has 3 rings (SSSR count). The number of piperidine rings is 1. The van der Waals surface area contributed by atoms with Crippen LogP contribution in [0.5, 0.6) is 5.75 Å². The van der Waals surface area contributed by atoms with Crippen molar-refractivity contribution >= 4 is 45.6 Å². The van der Waals surface area contributed by atoms with Gasteiger partial charge in [-0.05, 0) is 25.0 Å². The lowest BCUT2D eigenvalue weighted by atomic mass is 9.97.